The zero-order valence-electron chi connectivity index (χ0n) is 54.7. The van der Waals surface area contributed by atoms with E-state index in [4.69, 9.17) is 10.5 Å². The van der Waals surface area contributed by atoms with Gasteiger partial charge in [0.05, 0.1) is 60.6 Å². The fourth-order valence-corrected chi connectivity index (χ4v) is 16.3. The highest BCUT2D eigenvalue weighted by Gasteiger charge is 2.58. The van der Waals surface area contributed by atoms with E-state index in [1.54, 1.807) is 42.8 Å². The summed E-state index contributed by atoms with van der Waals surface area (Å²) in [4.78, 5) is 98.9. The van der Waals surface area contributed by atoms with Crippen molar-refractivity contribution < 1.29 is 55.1 Å². The van der Waals surface area contributed by atoms with Crippen molar-refractivity contribution in [3.63, 3.8) is 0 Å². The first-order chi connectivity index (χ1) is 43.1. The van der Waals surface area contributed by atoms with Crippen LogP contribution >= 0.6 is 0 Å². The molecule has 2 aliphatic carbocycles. The highest BCUT2D eigenvalue weighted by molar-refractivity contribution is 7.88. The molecule has 4 aliphatic heterocycles. The molecule has 0 spiro atoms. The van der Waals surface area contributed by atoms with Gasteiger partial charge in [0.2, 0.25) is 55.5 Å². The van der Waals surface area contributed by atoms with Crippen LogP contribution in [-0.2, 0) is 60.2 Å². The van der Waals surface area contributed by atoms with Crippen molar-refractivity contribution in [3.05, 3.63) is 108 Å². The monoisotopic (exact) mass is 1300 g/mol. The number of nitrogens with zero attached hydrogens (tertiary/aromatic N) is 6. The smallest absolute Gasteiger partial charge is 0.410 e. The molecule has 3 aromatic carbocycles. The van der Waals surface area contributed by atoms with E-state index in [0.29, 0.717) is 19.4 Å². The summed E-state index contributed by atoms with van der Waals surface area (Å²) in [5, 5.41) is 11.9. The van der Waals surface area contributed by atoms with Gasteiger partial charge in [-0.2, -0.15) is 8.61 Å². The number of nitrogens with two attached hydrogens (primary N) is 1. The van der Waals surface area contributed by atoms with Crippen molar-refractivity contribution in [2.24, 2.45) is 29.4 Å². The second kappa shape index (κ2) is 32.4. The van der Waals surface area contributed by atoms with Crippen LogP contribution in [0.2, 0.25) is 0 Å². The molecule has 6 N–H and O–H groups in total. The Kier molecular flexibility index (Phi) is 25.6. The molecule has 502 valence electrons. The number of amides is 7. The van der Waals surface area contributed by atoms with Crippen LogP contribution in [0.4, 0.5) is 4.79 Å². The number of nitrogens with one attached hydrogen (secondary N) is 4. The van der Waals surface area contributed by atoms with Crippen molar-refractivity contribution in [1.29, 1.82) is 0 Å². The Morgan fingerprint density at radius 2 is 1.00 bits per heavy atom. The van der Waals surface area contributed by atoms with Crippen LogP contribution in [0.15, 0.2) is 91.0 Å². The second-order valence-electron chi connectivity index (χ2n) is 25.8. The van der Waals surface area contributed by atoms with Crippen LogP contribution in [0.5, 0.6) is 0 Å². The summed E-state index contributed by atoms with van der Waals surface area (Å²) in [6.07, 6.45) is 12.2. The molecule has 25 heteroatoms. The number of sulfonamides is 2. The van der Waals surface area contributed by atoms with Crippen LogP contribution in [-0.4, -0.2) is 202 Å². The SMILES string of the molecule is CNC(C)C(=O)N(C)C.C[C@@H](NC(=O)[C@H]1CN(S(C)(=O)=O)[C@@H]2CCN(C(=O)[C@@H](N)C3CCCCC3)[C@H]12)c1ccccc1.C[C@@H](NC(=O)[C@H]1CN(S(C)(=O)=O)[C@@H]2CCN(C(=O)[C@@H](NC(=O)[C@H](C)N(C)C(=O)OCc3ccccc3)C3CCCCC3)[C@H]12)c1ccccc1. The van der Waals surface area contributed by atoms with Gasteiger partial charge in [0.25, 0.3) is 0 Å². The minimum atomic E-state index is -3.67. The average Bonchev–Trinajstić information content (AvgIpc) is 1.61. The molecule has 2 saturated carbocycles. The summed E-state index contributed by atoms with van der Waals surface area (Å²) >= 11 is 0. The van der Waals surface area contributed by atoms with E-state index in [1.165, 1.54) is 33.2 Å². The summed E-state index contributed by atoms with van der Waals surface area (Å²) in [5.41, 5.74) is 9.13. The second-order valence-corrected chi connectivity index (χ2v) is 29.7. The minimum absolute atomic E-state index is 0.0291. The number of hydrogen-bond acceptors (Lipinski definition) is 14. The highest BCUT2D eigenvalue weighted by Crippen LogP contribution is 2.41. The predicted molar refractivity (Wildman–Crippen MR) is 348 cm³/mol. The van der Waals surface area contributed by atoms with Gasteiger partial charge >= 0.3 is 6.09 Å². The highest BCUT2D eigenvalue weighted by atomic mass is 32.2. The van der Waals surface area contributed by atoms with Gasteiger partial charge < -0.3 is 46.4 Å². The molecular weight excluding hydrogens is 1200 g/mol. The lowest BCUT2D eigenvalue weighted by atomic mass is 9.83. The molecule has 6 fully saturated rings. The first-order valence-electron chi connectivity index (χ1n) is 32.3. The number of likely N-dealkylation sites (tertiary alicyclic amines) is 2. The van der Waals surface area contributed by atoms with Crippen molar-refractivity contribution in [2.75, 3.05) is 66.9 Å². The normalized spacial score (nSPS) is 24.0. The van der Waals surface area contributed by atoms with E-state index >= 15 is 0 Å². The van der Waals surface area contributed by atoms with Crippen molar-refractivity contribution in [2.45, 2.75) is 172 Å². The standard InChI is InChI=1S/C36H49N5O7S.C24H36N4O4S.C6H14N2O/c1-24(27-16-10-6-11-17-27)37-34(43)29-22-41(49(4,46)47)30-20-21-40(32(29)30)35(44)31(28-18-12-7-13-19-28)38-33(42)25(2)39(3)36(45)48-23-26-14-8-5-9-15-26;1-16(17-9-5-3-6-10-17)26-23(29)19-15-28(33(2,31)32)20-13-14-27(22(19)20)24(30)21(25)18-11-7-4-8-12-18;1-5(7-2)6(9)8(3)4/h5-6,8-11,14-17,24-25,28-32H,7,12-13,18-23H2,1-4H3,(H,37,43)(H,38,42);3,5-6,9-10,16,18-22H,4,7-8,11-15,25H2,1-2H3,(H,26,29);5,7H,1-4H3/t24-,25+,29+,30-,31+,32-;16-,19+,20-,21+,22-;/m11./s1. The maximum Gasteiger partial charge on any atom is 0.410 e. The summed E-state index contributed by atoms with van der Waals surface area (Å²) in [5.74, 6) is -2.78. The molecule has 0 bridgehead atoms. The zero-order valence-corrected chi connectivity index (χ0v) is 56.4. The molecule has 23 nitrogen and oxygen atoms in total. The number of rotatable bonds is 19. The van der Waals surface area contributed by atoms with Gasteiger partial charge in [-0.05, 0) is 102 Å². The lowest BCUT2D eigenvalue weighted by Crippen LogP contribution is -2.59. The Morgan fingerprint density at radius 3 is 1.41 bits per heavy atom. The number of carbonyl (C=O) groups is 7. The Balaban J connectivity index is 0.000000240. The van der Waals surface area contributed by atoms with Crippen LogP contribution in [0.3, 0.4) is 0 Å². The van der Waals surface area contributed by atoms with Gasteiger partial charge in [0.15, 0.2) is 0 Å². The molecular formula is C66H99N11O12S2. The van der Waals surface area contributed by atoms with Gasteiger partial charge in [-0.25, -0.2) is 21.6 Å². The van der Waals surface area contributed by atoms with E-state index in [2.05, 4.69) is 21.3 Å². The van der Waals surface area contributed by atoms with Crippen molar-refractivity contribution in [3.8, 4) is 0 Å². The molecule has 3 aromatic rings. The maximum atomic E-state index is 14.6. The predicted octanol–water partition coefficient (Wildman–Crippen LogP) is 4.76. The van der Waals surface area contributed by atoms with Crippen LogP contribution in [0.1, 0.15) is 134 Å². The maximum absolute atomic E-state index is 14.6. The minimum Gasteiger partial charge on any atom is -0.445 e. The Hall–Kier alpha value is -6.51. The number of hydrogen-bond donors (Lipinski definition) is 5. The molecule has 6 aliphatic rings. The summed E-state index contributed by atoms with van der Waals surface area (Å²) < 4.78 is 59.0. The summed E-state index contributed by atoms with van der Waals surface area (Å²) in [7, 11) is -0.431. The van der Waals surface area contributed by atoms with Gasteiger partial charge in [-0.3, -0.25) is 33.7 Å². The zero-order chi connectivity index (χ0) is 66.5. The van der Waals surface area contributed by atoms with Gasteiger partial charge in [-0.15, -0.1) is 0 Å². The molecule has 12 atom stereocenters. The number of benzene rings is 3. The van der Waals surface area contributed by atoms with Gasteiger partial charge in [0, 0.05) is 59.4 Å². The number of carbonyl (C=O) groups excluding carboxylic acids is 7. The fraction of sp³-hybridized carbons (Fsp3) is 0.621. The third kappa shape index (κ3) is 18.2. The Labute approximate surface area is 539 Å². The summed E-state index contributed by atoms with van der Waals surface area (Å²) in [6, 6.07) is 23.2. The van der Waals surface area contributed by atoms with E-state index in [9.17, 15) is 50.4 Å². The summed E-state index contributed by atoms with van der Waals surface area (Å²) in [6.45, 7) is 8.01. The molecule has 4 saturated heterocycles. The van der Waals surface area contributed by atoms with E-state index < -0.39 is 80.1 Å². The first kappa shape index (κ1) is 71.9. The quantitative estimate of drug-likeness (QED) is 0.108. The van der Waals surface area contributed by atoms with Crippen molar-refractivity contribution in [1.82, 2.24) is 49.5 Å². The fourth-order valence-electron chi connectivity index (χ4n) is 14.0. The molecule has 7 amide bonds. The van der Waals surface area contributed by atoms with Crippen LogP contribution < -0.4 is 27.0 Å². The van der Waals surface area contributed by atoms with Crippen LogP contribution in [0, 0.1) is 23.7 Å². The molecule has 91 heavy (non-hydrogen) atoms. The number of ether oxygens (including phenoxy) is 1. The Bertz CT molecular complexity index is 3170. The molecule has 9 rings (SSSR count). The Morgan fingerprint density at radius 1 is 0.582 bits per heavy atom. The lowest BCUT2D eigenvalue weighted by Gasteiger charge is -2.37. The molecule has 4 heterocycles. The third-order valence-electron chi connectivity index (χ3n) is 19.4. The van der Waals surface area contributed by atoms with Crippen LogP contribution in [0.25, 0.3) is 0 Å². The number of likely N-dealkylation sites (N-methyl/N-ethyl adjacent to an activating group) is 3. The average molecular weight is 1300 g/mol. The first-order valence-corrected chi connectivity index (χ1v) is 36.0. The van der Waals surface area contributed by atoms with Crippen molar-refractivity contribution >= 4 is 61.6 Å². The topological polar surface area (TPSA) is 291 Å². The van der Waals surface area contributed by atoms with E-state index in [0.717, 1.165) is 80.7 Å². The molecule has 0 aromatic heterocycles. The van der Waals surface area contributed by atoms with E-state index in [1.807, 2.05) is 112 Å². The van der Waals surface area contributed by atoms with Gasteiger partial charge in [0.1, 0.15) is 18.7 Å². The van der Waals surface area contributed by atoms with E-state index in [-0.39, 0.29) is 91.8 Å². The van der Waals surface area contributed by atoms with Gasteiger partial charge in [-0.1, -0.05) is 130 Å². The third-order valence-corrected chi connectivity index (χ3v) is 21.9. The number of fused-ring (bicyclic) bond motifs is 2. The molecule has 1 unspecified atom stereocenters. The largest absolute Gasteiger partial charge is 0.445 e. The lowest BCUT2D eigenvalue weighted by molar-refractivity contribution is -0.141. The molecule has 0 radical (unpaired) electrons.